The average molecular weight is 392 g/mol. The molecule has 5 fully saturated rings. The zero-order valence-electron chi connectivity index (χ0n) is 17.2. The lowest BCUT2D eigenvalue weighted by Gasteiger charge is -2.38. The van der Waals surface area contributed by atoms with E-state index in [0.717, 1.165) is 25.8 Å². The first kappa shape index (κ1) is 18.9. The third-order valence-corrected chi connectivity index (χ3v) is 8.22. The van der Waals surface area contributed by atoms with Crippen molar-refractivity contribution in [2.45, 2.75) is 95.8 Å². The first-order valence-corrected chi connectivity index (χ1v) is 11.3. The second-order valence-electron chi connectivity index (χ2n) is 9.79. The Morgan fingerprint density at radius 2 is 1.68 bits per heavy atom. The molecule has 6 nitrogen and oxygen atoms in total. The molecule has 0 aromatic carbocycles. The molecule has 5 aliphatic heterocycles. The van der Waals surface area contributed by atoms with Crippen LogP contribution in [-0.2, 0) is 23.8 Å². The molecule has 28 heavy (non-hydrogen) atoms. The van der Waals surface area contributed by atoms with E-state index in [1.54, 1.807) is 0 Å². The number of carbonyl (C=O) groups excluding carboxylic acids is 2. The van der Waals surface area contributed by atoms with E-state index in [2.05, 4.69) is 11.8 Å². The molecule has 0 bridgehead atoms. The van der Waals surface area contributed by atoms with Gasteiger partial charge in [-0.2, -0.15) is 0 Å². The molecule has 5 heterocycles. The van der Waals surface area contributed by atoms with E-state index in [9.17, 15) is 9.59 Å². The number of fused-ring (bicyclic) bond motifs is 2. The monoisotopic (exact) mass is 391 g/mol. The third-order valence-electron chi connectivity index (χ3n) is 8.22. The first-order valence-electron chi connectivity index (χ1n) is 11.3. The summed E-state index contributed by atoms with van der Waals surface area (Å²) in [7, 11) is 0. The summed E-state index contributed by atoms with van der Waals surface area (Å²) in [6.07, 6.45) is 6.63. The van der Waals surface area contributed by atoms with E-state index >= 15 is 0 Å². The van der Waals surface area contributed by atoms with Crippen LogP contribution in [-0.4, -0.2) is 59.9 Å². The minimum Gasteiger partial charge on any atom is -0.460 e. The maximum atomic E-state index is 12.1. The van der Waals surface area contributed by atoms with Crippen molar-refractivity contribution in [1.82, 2.24) is 4.90 Å². The van der Waals surface area contributed by atoms with Gasteiger partial charge in [-0.1, -0.05) is 13.3 Å². The SMILES string of the molecule is C[C@@H]1O[C@H]2[C@H](OC(=O)[C@H]2C)[C@@H]1[C@@H]1CCCCN2[C@H]1CC[C@H]2[C@@H]1C[C@H](C)C(=O)O1. The molecule has 0 aliphatic carbocycles. The van der Waals surface area contributed by atoms with Crippen molar-refractivity contribution in [3.63, 3.8) is 0 Å². The molecule has 0 spiro atoms. The van der Waals surface area contributed by atoms with Crippen LogP contribution in [0, 0.1) is 23.7 Å². The Kier molecular flexibility index (Phi) is 4.70. The zero-order valence-corrected chi connectivity index (χ0v) is 17.2. The molecule has 0 amide bonds. The highest BCUT2D eigenvalue weighted by Crippen LogP contribution is 2.49. The molecule has 0 N–H and O–H groups in total. The van der Waals surface area contributed by atoms with E-state index in [1.165, 1.54) is 19.3 Å². The van der Waals surface area contributed by atoms with Crippen molar-refractivity contribution in [3.8, 4) is 0 Å². The van der Waals surface area contributed by atoms with E-state index in [0.29, 0.717) is 18.0 Å². The van der Waals surface area contributed by atoms with Gasteiger partial charge in [0.25, 0.3) is 0 Å². The van der Waals surface area contributed by atoms with Crippen molar-refractivity contribution in [1.29, 1.82) is 0 Å². The lowest BCUT2D eigenvalue weighted by molar-refractivity contribution is -0.147. The molecule has 0 aromatic rings. The Balaban J connectivity index is 1.38. The summed E-state index contributed by atoms with van der Waals surface area (Å²) in [5, 5.41) is 0. The van der Waals surface area contributed by atoms with Gasteiger partial charge in [0.15, 0.2) is 0 Å². The van der Waals surface area contributed by atoms with Gasteiger partial charge >= 0.3 is 11.9 Å². The number of hydrogen-bond donors (Lipinski definition) is 0. The van der Waals surface area contributed by atoms with Gasteiger partial charge < -0.3 is 14.2 Å². The second-order valence-corrected chi connectivity index (χ2v) is 9.79. The molecule has 0 aromatic heterocycles. The Hall–Kier alpha value is -1.14. The highest BCUT2D eigenvalue weighted by Gasteiger charge is 2.58. The standard InChI is InChI=1S/C22H33NO5/c1-11-10-17(27-21(11)24)16-8-7-15-14(6-4-5-9-23(15)16)18-13(3)26-19-12(2)22(25)28-20(18)19/h11-20H,4-10H2,1-3H3/t11-,12-,13-,14+,15-,16-,17-,18-,19+,20+/m0/s1. The van der Waals surface area contributed by atoms with Crippen molar-refractivity contribution < 1.29 is 23.8 Å². The molecule has 5 aliphatic rings. The number of hydrogen-bond acceptors (Lipinski definition) is 6. The zero-order chi connectivity index (χ0) is 19.6. The minimum absolute atomic E-state index is 0.0234. The number of carbonyl (C=O) groups is 2. The topological polar surface area (TPSA) is 65.1 Å². The Bertz CT molecular complexity index is 653. The van der Waals surface area contributed by atoms with Gasteiger partial charge in [-0.05, 0) is 58.4 Å². The molecular weight excluding hydrogens is 358 g/mol. The molecule has 0 unspecified atom stereocenters. The van der Waals surface area contributed by atoms with Gasteiger partial charge in [0, 0.05) is 18.0 Å². The van der Waals surface area contributed by atoms with Crippen LogP contribution in [0.15, 0.2) is 0 Å². The molecule has 5 rings (SSSR count). The lowest BCUT2D eigenvalue weighted by atomic mass is 9.76. The summed E-state index contributed by atoms with van der Waals surface area (Å²) in [6, 6.07) is 0.824. The predicted molar refractivity (Wildman–Crippen MR) is 101 cm³/mol. The molecule has 6 heteroatoms. The van der Waals surface area contributed by atoms with Crippen molar-refractivity contribution in [3.05, 3.63) is 0 Å². The fourth-order valence-corrected chi connectivity index (χ4v) is 6.84. The Morgan fingerprint density at radius 1 is 0.893 bits per heavy atom. The minimum atomic E-state index is -0.157. The van der Waals surface area contributed by atoms with Crippen LogP contribution >= 0.6 is 0 Å². The number of nitrogens with zero attached hydrogens (tertiary/aromatic N) is 1. The fourth-order valence-electron chi connectivity index (χ4n) is 6.84. The normalized spacial score (nSPS) is 51.5. The maximum absolute atomic E-state index is 12.1. The summed E-state index contributed by atoms with van der Waals surface area (Å²) >= 11 is 0. The molecule has 10 atom stereocenters. The molecule has 0 saturated carbocycles. The third kappa shape index (κ3) is 2.82. The van der Waals surface area contributed by atoms with Gasteiger partial charge in [-0.25, -0.2) is 0 Å². The van der Waals surface area contributed by atoms with E-state index in [4.69, 9.17) is 14.2 Å². The van der Waals surface area contributed by atoms with Crippen LogP contribution in [0.25, 0.3) is 0 Å². The Labute approximate surface area is 167 Å². The highest BCUT2D eigenvalue weighted by molar-refractivity contribution is 5.75. The molecule has 0 radical (unpaired) electrons. The fraction of sp³-hybridized carbons (Fsp3) is 0.909. The number of rotatable bonds is 2. The number of esters is 2. The van der Waals surface area contributed by atoms with Gasteiger partial charge in [-0.3, -0.25) is 14.5 Å². The van der Waals surface area contributed by atoms with Crippen molar-refractivity contribution in [2.24, 2.45) is 23.7 Å². The Morgan fingerprint density at radius 3 is 2.43 bits per heavy atom. The van der Waals surface area contributed by atoms with Crippen molar-refractivity contribution in [2.75, 3.05) is 6.54 Å². The summed E-state index contributed by atoms with van der Waals surface area (Å²) in [5.41, 5.74) is 0. The largest absolute Gasteiger partial charge is 0.460 e. The van der Waals surface area contributed by atoms with Gasteiger partial charge in [0.2, 0.25) is 0 Å². The number of ether oxygens (including phenoxy) is 3. The van der Waals surface area contributed by atoms with Gasteiger partial charge in [0.05, 0.1) is 17.9 Å². The van der Waals surface area contributed by atoms with Crippen LogP contribution in [0.4, 0.5) is 0 Å². The average Bonchev–Trinajstić information content (AvgIpc) is 3.33. The van der Waals surface area contributed by atoms with E-state index < -0.39 is 0 Å². The van der Waals surface area contributed by atoms with Crippen LogP contribution in [0.5, 0.6) is 0 Å². The van der Waals surface area contributed by atoms with Crippen LogP contribution < -0.4 is 0 Å². The van der Waals surface area contributed by atoms with E-state index in [-0.39, 0.29) is 54.1 Å². The quantitative estimate of drug-likeness (QED) is 0.674. The first-order chi connectivity index (χ1) is 13.5. The highest BCUT2D eigenvalue weighted by atomic mass is 16.6. The summed E-state index contributed by atoms with van der Waals surface area (Å²) in [4.78, 5) is 26.8. The van der Waals surface area contributed by atoms with Crippen LogP contribution in [0.2, 0.25) is 0 Å². The molecule has 5 saturated heterocycles. The smallest absolute Gasteiger partial charge is 0.311 e. The van der Waals surface area contributed by atoms with Crippen LogP contribution in [0.3, 0.4) is 0 Å². The lowest BCUT2D eigenvalue weighted by Crippen LogP contribution is -2.48. The number of cyclic esters (lactones) is 1. The summed E-state index contributed by atoms with van der Waals surface area (Å²) in [6.45, 7) is 7.15. The second kappa shape index (κ2) is 6.98. The predicted octanol–water partition coefficient (Wildman–Crippen LogP) is 2.54. The molecule has 156 valence electrons. The summed E-state index contributed by atoms with van der Waals surface area (Å²) < 4.78 is 17.8. The molecular formula is C22H33NO5. The van der Waals surface area contributed by atoms with Gasteiger partial charge in [0.1, 0.15) is 18.3 Å². The van der Waals surface area contributed by atoms with E-state index in [1.807, 2.05) is 13.8 Å². The maximum Gasteiger partial charge on any atom is 0.311 e. The summed E-state index contributed by atoms with van der Waals surface area (Å²) in [5.74, 6) is 0.476. The van der Waals surface area contributed by atoms with Crippen LogP contribution in [0.1, 0.15) is 59.3 Å². The van der Waals surface area contributed by atoms with Crippen molar-refractivity contribution >= 4 is 11.9 Å². The van der Waals surface area contributed by atoms with Gasteiger partial charge in [-0.15, -0.1) is 0 Å².